The number of benzene rings is 1. The summed E-state index contributed by atoms with van der Waals surface area (Å²) in [6, 6.07) is 6.61. The van der Waals surface area contributed by atoms with Gasteiger partial charge in [-0.05, 0) is 12.1 Å². The number of quaternary nitrogens is 1. The van der Waals surface area contributed by atoms with Crippen molar-refractivity contribution in [3.05, 3.63) is 29.8 Å². The van der Waals surface area contributed by atoms with Crippen molar-refractivity contribution in [1.29, 1.82) is 0 Å². The number of aliphatic hydroxyl groups excluding tert-OH is 1. The number of hydrogen-bond acceptors (Lipinski definition) is 5. The van der Waals surface area contributed by atoms with Gasteiger partial charge in [-0.2, -0.15) is 0 Å². The van der Waals surface area contributed by atoms with Crippen LogP contribution < -0.4 is 20.1 Å². The Labute approximate surface area is 123 Å². The number of hydrogen-bond donors (Lipinski definition) is 3. The second-order valence-electron chi connectivity index (χ2n) is 4.58. The zero-order valence-corrected chi connectivity index (χ0v) is 11.9. The molecule has 0 saturated heterocycles. The molecule has 21 heavy (non-hydrogen) atoms. The molecule has 0 aliphatic carbocycles. The molecule has 1 aromatic carbocycles. The third-order valence-corrected chi connectivity index (χ3v) is 2.85. The number of nitrogens with one attached hydrogen (secondary N) is 2. The first-order chi connectivity index (χ1) is 10.0. The smallest absolute Gasteiger partial charge is 0.255 e. The van der Waals surface area contributed by atoms with Gasteiger partial charge in [-0.25, -0.2) is 0 Å². The molecule has 1 amide bonds. The van der Waals surface area contributed by atoms with E-state index in [-0.39, 0.29) is 12.2 Å². The molecule has 0 aliphatic rings. The fourth-order valence-corrected chi connectivity index (χ4v) is 1.68. The number of aliphatic hydroxyl groups is 1. The van der Waals surface area contributed by atoms with Gasteiger partial charge in [0.05, 0.1) is 31.7 Å². The topological polar surface area (TPSA) is 103 Å². The van der Waals surface area contributed by atoms with Gasteiger partial charge in [-0.3, -0.25) is 4.79 Å². The van der Waals surface area contributed by atoms with Crippen LogP contribution in [-0.4, -0.2) is 56.9 Å². The Morgan fingerprint density at radius 1 is 1.33 bits per heavy atom. The highest BCUT2D eigenvalue weighted by Crippen LogP contribution is 2.17. The number of ether oxygens (including phenoxy) is 1. The standard InChI is InChI=1S/C14H20N2O5/c1-16(6-8-17)7-9-21-12-5-3-2-4-11(12)14(20)15-10-13(18)19/h2-5,17H,6-10H2,1H3,(H,15,20)(H,18,19). The van der Waals surface area contributed by atoms with Gasteiger partial charge in [0.2, 0.25) is 0 Å². The number of carboxylic acids is 1. The maximum atomic E-state index is 11.8. The summed E-state index contributed by atoms with van der Waals surface area (Å²) in [7, 11) is 1.93. The summed E-state index contributed by atoms with van der Waals surface area (Å²) in [5.74, 6) is -1.48. The van der Waals surface area contributed by atoms with Crippen molar-refractivity contribution in [2.45, 2.75) is 0 Å². The molecule has 0 aliphatic heterocycles. The van der Waals surface area contributed by atoms with Crippen molar-refractivity contribution in [3.8, 4) is 5.75 Å². The molecule has 7 nitrogen and oxygen atoms in total. The Morgan fingerprint density at radius 2 is 2.05 bits per heavy atom. The molecule has 0 heterocycles. The molecule has 0 saturated carbocycles. The highest BCUT2D eigenvalue weighted by Gasteiger charge is 2.12. The number of para-hydroxylation sites is 1. The summed E-state index contributed by atoms with van der Waals surface area (Å²) in [4.78, 5) is 23.3. The molecule has 1 rings (SSSR count). The Balaban J connectivity index is 2.58. The van der Waals surface area contributed by atoms with Crippen LogP contribution in [0.2, 0.25) is 0 Å². The minimum Gasteiger partial charge on any atom is -0.548 e. The molecule has 1 aromatic rings. The van der Waals surface area contributed by atoms with Crippen molar-refractivity contribution in [2.75, 3.05) is 39.9 Å². The van der Waals surface area contributed by atoms with Gasteiger partial charge in [-0.1, -0.05) is 12.1 Å². The van der Waals surface area contributed by atoms with E-state index in [0.29, 0.717) is 25.4 Å². The molecule has 3 N–H and O–H groups in total. The van der Waals surface area contributed by atoms with Gasteiger partial charge in [0.1, 0.15) is 25.4 Å². The summed E-state index contributed by atoms with van der Waals surface area (Å²) >= 11 is 0. The van der Waals surface area contributed by atoms with Crippen molar-refractivity contribution in [1.82, 2.24) is 5.32 Å². The molecule has 7 heteroatoms. The predicted octanol–water partition coefficient (Wildman–Crippen LogP) is -2.95. The first-order valence-corrected chi connectivity index (χ1v) is 6.66. The van der Waals surface area contributed by atoms with Crippen LogP contribution in [0.25, 0.3) is 0 Å². The fraction of sp³-hybridized carbons (Fsp3) is 0.429. The van der Waals surface area contributed by atoms with Crippen molar-refractivity contribution >= 4 is 11.9 Å². The number of carboxylic acid groups (broad SMARTS) is 1. The summed E-state index contributed by atoms with van der Waals surface area (Å²) in [6.07, 6.45) is 0. The minimum absolute atomic E-state index is 0.105. The highest BCUT2D eigenvalue weighted by atomic mass is 16.5. The molecule has 0 bridgehead atoms. The van der Waals surface area contributed by atoms with E-state index in [0.717, 1.165) is 4.90 Å². The van der Waals surface area contributed by atoms with Gasteiger partial charge in [-0.15, -0.1) is 0 Å². The molecule has 1 unspecified atom stereocenters. The average Bonchev–Trinajstić information content (AvgIpc) is 2.45. The van der Waals surface area contributed by atoms with E-state index in [1.807, 2.05) is 7.05 Å². The number of likely N-dealkylation sites (N-methyl/N-ethyl adjacent to an activating group) is 1. The molecular weight excluding hydrogens is 276 g/mol. The number of aliphatic carboxylic acids is 1. The summed E-state index contributed by atoms with van der Waals surface area (Å²) < 4.78 is 5.56. The van der Waals surface area contributed by atoms with Crippen LogP contribution in [0.5, 0.6) is 5.75 Å². The van der Waals surface area contributed by atoms with Crippen molar-refractivity contribution in [2.24, 2.45) is 0 Å². The maximum absolute atomic E-state index is 11.8. The largest absolute Gasteiger partial charge is 0.548 e. The van der Waals surface area contributed by atoms with Crippen LogP contribution in [0.4, 0.5) is 0 Å². The monoisotopic (exact) mass is 296 g/mol. The van der Waals surface area contributed by atoms with E-state index < -0.39 is 18.4 Å². The first kappa shape index (κ1) is 16.9. The Morgan fingerprint density at radius 3 is 2.71 bits per heavy atom. The Bertz CT molecular complexity index is 478. The lowest BCUT2D eigenvalue weighted by Gasteiger charge is -2.15. The summed E-state index contributed by atoms with van der Waals surface area (Å²) in [5.41, 5.74) is 0.276. The molecular formula is C14H20N2O5. The normalized spacial score (nSPS) is 11.7. The minimum atomic E-state index is -1.35. The van der Waals surface area contributed by atoms with Crippen LogP contribution in [0.1, 0.15) is 10.4 Å². The van der Waals surface area contributed by atoms with E-state index in [4.69, 9.17) is 9.84 Å². The fourth-order valence-electron chi connectivity index (χ4n) is 1.68. The average molecular weight is 296 g/mol. The molecule has 116 valence electrons. The lowest BCUT2D eigenvalue weighted by atomic mass is 10.2. The van der Waals surface area contributed by atoms with E-state index >= 15 is 0 Å². The Kier molecular flexibility index (Phi) is 7.20. The highest BCUT2D eigenvalue weighted by molar-refractivity contribution is 5.98. The van der Waals surface area contributed by atoms with Crippen LogP contribution >= 0.6 is 0 Å². The lowest BCUT2D eigenvalue weighted by Crippen LogP contribution is -3.10. The third kappa shape index (κ3) is 6.24. The van der Waals surface area contributed by atoms with Gasteiger partial charge < -0.3 is 30.0 Å². The van der Waals surface area contributed by atoms with Gasteiger partial charge in [0.25, 0.3) is 5.91 Å². The molecule has 0 aromatic heterocycles. The molecule has 1 atom stereocenters. The molecule has 0 radical (unpaired) electrons. The van der Waals surface area contributed by atoms with Crippen LogP contribution in [0, 0.1) is 0 Å². The van der Waals surface area contributed by atoms with Crippen molar-refractivity contribution < 1.29 is 29.4 Å². The van der Waals surface area contributed by atoms with Crippen molar-refractivity contribution in [3.63, 3.8) is 0 Å². The summed E-state index contributed by atoms with van der Waals surface area (Å²) in [6.45, 7) is 1.24. The van der Waals surface area contributed by atoms with E-state index in [2.05, 4.69) is 5.32 Å². The van der Waals surface area contributed by atoms with E-state index in [1.54, 1.807) is 24.3 Å². The van der Waals surface area contributed by atoms with Crippen LogP contribution in [0.3, 0.4) is 0 Å². The lowest BCUT2D eigenvalue weighted by molar-refractivity contribution is -0.880. The number of amides is 1. The zero-order valence-electron chi connectivity index (χ0n) is 11.9. The Hall–Kier alpha value is -2.12. The number of carbonyl (C=O) groups excluding carboxylic acids is 2. The second kappa shape index (κ2) is 8.93. The van der Waals surface area contributed by atoms with E-state index in [1.165, 1.54) is 0 Å². The third-order valence-electron chi connectivity index (χ3n) is 2.85. The predicted molar refractivity (Wildman–Crippen MR) is 73.0 cm³/mol. The van der Waals surface area contributed by atoms with Gasteiger partial charge >= 0.3 is 0 Å². The number of carbonyl (C=O) groups is 2. The zero-order chi connectivity index (χ0) is 15.7. The SMILES string of the molecule is C[NH+](CCO)CCOc1ccccc1C(=O)NCC(=O)[O-]. The quantitative estimate of drug-likeness (QED) is 0.452. The van der Waals surface area contributed by atoms with Crippen LogP contribution in [-0.2, 0) is 4.79 Å². The van der Waals surface area contributed by atoms with Gasteiger partial charge in [0, 0.05) is 0 Å². The van der Waals surface area contributed by atoms with Gasteiger partial charge in [0.15, 0.2) is 0 Å². The maximum Gasteiger partial charge on any atom is 0.255 e. The van der Waals surface area contributed by atoms with Crippen LogP contribution in [0.15, 0.2) is 24.3 Å². The molecule has 0 fully saturated rings. The number of rotatable bonds is 9. The first-order valence-electron chi connectivity index (χ1n) is 6.66. The second-order valence-corrected chi connectivity index (χ2v) is 4.58. The van der Waals surface area contributed by atoms with E-state index in [9.17, 15) is 14.7 Å². The summed E-state index contributed by atoms with van der Waals surface area (Å²) in [5, 5.41) is 21.4. The molecule has 0 spiro atoms.